The number of nitrogens with two attached hydrogens (primary N) is 1. The maximum atomic E-state index is 9.38. The first-order valence-electron chi connectivity index (χ1n) is 5.45. The van der Waals surface area contributed by atoms with Crippen molar-refractivity contribution in [2.45, 2.75) is 50.3 Å². The summed E-state index contributed by atoms with van der Waals surface area (Å²) in [6.07, 6.45) is 5.53. The van der Waals surface area contributed by atoms with Crippen molar-refractivity contribution in [2.24, 2.45) is 5.73 Å². The number of nitrogens with zero attached hydrogens (tertiary/aromatic N) is 1. The van der Waals surface area contributed by atoms with Gasteiger partial charge in [-0.15, -0.1) is 0 Å². The molecule has 1 heterocycles. The Labute approximate surface area is 79.9 Å². The third-order valence-corrected chi connectivity index (χ3v) is 3.50. The largest absolute Gasteiger partial charge is 0.393 e. The predicted octanol–water partition coefficient (Wildman–Crippen LogP) is 0.323. The van der Waals surface area contributed by atoms with Gasteiger partial charge in [0.05, 0.1) is 6.10 Å². The second kappa shape index (κ2) is 3.95. The van der Waals surface area contributed by atoms with Crippen LogP contribution in [0.3, 0.4) is 0 Å². The molecule has 2 fully saturated rings. The Morgan fingerprint density at radius 1 is 1.08 bits per heavy atom. The fourth-order valence-electron chi connectivity index (χ4n) is 2.64. The van der Waals surface area contributed by atoms with E-state index in [-0.39, 0.29) is 6.10 Å². The average molecular weight is 184 g/mol. The van der Waals surface area contributed by atoms with Gasteiger partial charge in [0.1, 0.15) is 0 Å². The highest BCUT2D eigenvalue weighted by Gasteiger charge is 2.31. The highest BCUT2D eigenvalue weighted by molar-refractivity contribution is 4.89. The Hall–Kier alpha value is -0.120. The highest BCUT2D eigenvalue weighted by Crippen LogP contribution is 2.25. The van der Waals surface area contributed by atoms with E-state index in [1.54, 1.807) is 0 Å². The van der Waals surface area contributed by atoms with Gasteiger partial charge in [-0.25, -0.2) is 0 Å². The van der Waals surface area contributed by atoms with Crippen LogP contribution in [0, 0.1) is 0 Å². The molecule has 0 spiro atoms. The number of rotatable bonds is 1. The lowest BCUT2D eigenvalue weighted by atomic mass is 10.0. The van der Waals surface area contributed by atoms with Crippen LogP contribution in [-0.2, 0) is 0 Å². The zero-order chi connectivity index (χ0) is 9.26. The number of aliphatic hydroxyl groups is 1. The molecule has 2 atom stereocenters. The fourth-order valence-corrected chi connectivity index (χ4v) is 2.64. The Bertz CT molecular complexity index is 166. The van der Waals surface area contributed by atoms with Gasteiger partial charge in [0, 0.05) is 25.2 Å². The molecule has 0 radical (unpaired) electrons. The van der Waals surface area contributed by atoms with Crippen LogP contribution in [0.5, 0.6) is 0 Å². The van der Waals surface area contributed by atoms with Gasteiger partial charge >= 0.3 is 0 Å². The summed E-state index contributed by atoms with van der Waals surface area (Å²) in [4.78, 5) is 2.48. The van der Waals surface area contributed by atoms with E-state index in [4.69, 9.17) is 5.73 Å². The number of hydrogen-bond donors (Lipinski definition) is 2. The predicted molar refractivity (Wildman–Crippen MR) is 52.4 cm³/mol. The van der Waals surface area contributed by atoms with Gasteiger partial charge in [-0.2, -0.15) is 0 Å². The first-order chi connectivity index (χ1) is 6.27. The average Bonchev–Trinajstić information content (AvgIpc) is 2.53. The van der Waals surface area contributed by atoms with Gasteiger partial charge in [0.25, 0.3) is 0 Å². The minimum atomic E-state index is -0.0612. The lowest BCUT2D eigenvalue weighted by Gasteiger charge is -2.36. The van der Waals surface area contributed by atoms with Crippen molar-refractivity contribution in [1.29, 1.82) is 0 Å². The molecule has 0 unspecified atom stereocenters. The number of hydrogen-bond acceptors (Lipinski definition) is 3. The van der Waals surface area contributed by atoms with Gasteiger partial charge in [0.15, 0.2) is 0 Å². The van der Waals surface area contributed by atoms with Gasteiger partial charge in [0.2, 0.25) is 0 Å². The molecule has 2 aliphatic rings. The highest BCUT2D eigenvalue weighted by atomic mass is 16.3. The Balaban J connectivity index is 1.86. The van der Waals surface area contributed by atoms with E-state index in [0.717, 1.165) is 25.9 Å². The summed E-state index contributed by atoms with van der Waals surface area (Å²) in [5.41, 5.74) is 6.04. The van der Waals surface area contributed by atoms with Crippen LogP contribution in [0.4, 0.5) is 0 Å². The monoisotopic (exact) mass is 184 g/mol. The normalized spacial score (nSPS) is 38.3. The molecular formula is C10H20N2O. The second-order valence-corrected chi connectivity index (χ2v) is 4.43. The van der Waals surface area contributed by atoms with Crippen molar-refractivity contribution >= 4 is 0 Å². The van der Waals surface area contributed by atoms with Crippen molar-refractivity contribution in [1.82, 2.24) is 4.90 Å². The van der Waals surface area contributed by atoms with Crippen molar-refractivity contribution in [2.75, 3.05) is 13.1 Å². The van der Waals surface area contributed by atoms with Crippen molar-refractivity contribution in [3.63, 3.8) is 0 Å². The quantitative estimate of drug-likeness (QED) is 0.617. The number of aliphatic hydroxyl groups excluding tert-OH is 1. The number of likely N-dealkylation sites (tertiary alicyclic amines) is 1. The van der Waals surface area contributed by atoms with Crippen LogP contribution in [0.15, 0.2) is 0 Å². The lowest BCUT2D eigenvalue weighted by molar-refractivity contribution is 0.0585. The standard InChI is InChI=1S/C10H20N2O/c11-9-2-1-3-10(9)12-6-4-8(13)5-7-12/h8-10,13H,1-7,11H2/t9-,10-/m0/s1. The van der Waals surface area contributed by atoms with Crippen LogP contribution in [-0.4, -0.2) is 41.3 Å². The molecule has 0 aromatic rings. The molecule has 76 valence electrons. The van der Waals surface area contributed by atoms with Crippen LogP contribution in [0.25, 0.3) is 0 Å². The third-order valence-electron chi connectivity index (χ3n) is 3.50. The van der Waals surface area contributed by atoms with Crippen LogP contribution >= 0.6 is 0 Å². The molecule has 0 aromatic heterocycles. The molecule has 3 nitrogen and oxygen atoms in total. The molecule has 1 saturated heterocycles. The van der Waals surface area contributed by atoms with Gasteiger partial charge in [-0.05, 0) is 25.7 Å². The topological polar surface area (TPSA) is 49.5 Å². The molecule has 1 saturated carbocycles. The van der Waals surface area contributed by atoms with E-state index in [1.165, 1.54) is 19.3 Å². The van der Waals surface area contributed by atoms with E-state index in [1.807, 2.05) is 0 Å². The first kappa shape index (κ1) is 9.44. The fraction of sp³-hybridized carbons (Fsp3) is 1.00. The molecular weight excluding hydrogens is 164 g/mol. The molecule has 3 heteroatoms. The molecule has 1 aliphatic carbocycles. The van der Waals surface area contributed by atoms with E-state index < -0.39 is 0 Å². The summed E-state index contributed by atoms with van der Waals surface area (Å²) < 4.78 is 0. The summed E-state index contributed by atoms with van der Waals surface area (Å²) >= 11 is 0. The Kier molecular flexibility index (Phi) is 2.86. The maximum Gasteiger partial charge on any atom is 0.0564 e. The summed E-state index contributed by atoms with van der Waals surface area (Å²) in [5, 5.41) is 9.38. The van der Waals surface area contributed by atoms with Crippen molar-refractivity contribution in [3.8, 4) is 0 Å². The van der Waals surface area contributed by atoms with Crippen molar-refractivity contribution < 1.29 is 5.11 Å². The SMILES string of the molecule is N[C@H]1CCC[C@@H]1N1CCC(O)CC1. The molecule has 3 N–H and O–H groups in total. The molecule has 1 aliphatic heterocycles. The summed E-state index contributed by atoms with van der Waals surface area (Å²) in [6, 6.07) is 0.989. The van der Waals surface area contributed by atoms with E-state index >= 15 is 0 Å². The molecule has 13 heavy (non-hydrogen) atoms. The maximum absolute atomic E-state index is 9.38. The summed E-state index contributed by atoms with van der Waals surface area (Å²) in [5.74, 6) is 0. The lowest BCUT2D eigenvalue weighted by Crippen LogP contribution is -2.48. The van der Waals surface area contributed by atoms with E-state index in [9.17, 15) is 5.11 Å². The van der Waals surface area contributed by atoms with E-state index in [2.05, 4.69) is 4.90 Å². The van der Waals surface area contributed by atoms with Crippen molar-refractivity contribution in [3.05, 3.63) is 0 Å². The smallest absolute Gasteiger partial charge is 0.0564 e. The minimum Gasteiger partial charge on any atom is -0.393 e. The van der Waals surface area contributed by atoms with Crippen LogP contribution < -0.4 is 5.73 Å². The summed E-state index contributed by atoms with van der Waals surface area (Å²) in [6.45, 7) is 2.08. The minimum absolute atomic E-state index is 0.0612. The van der Waals surface area contributed by atoms with Gasteiger partial charge in [-0.1, -0.05) is 6.42 Å². The van der Waals surface area contributed by atoms with Gasteiger partial charge in [-0.3, -0.25) is 4.90 Å². The zero-order valence-electron chi connectivity index (χ0n) is 8.15. The first-order valence-corrected chi connectivity index (χ1v) is 5.45. The Morgan fingerprint density at radius 3 is 2.31 bits per heavy atom. The molecule has 0 aromatic carbocycles. The Morgan fingerprint density at radius 2 is 1.77 bits per heavy atom. The second-order valence-electron chi connectivity index (χ2n) is 4.43. The van der Waals surface area contributed by atoms with Crippen LogP contribution in [0.2, 0.25) is 0 Å². The van der Waals surface area contributed by atoms with E-state index in [0.29, 0.717) is 12.1 Å². The zero-order valence-corrected chi connectivity index (χ0v) is 8.15. The molecule has 2 rings (SSSR count). The van der Waals surface area contributed by atoms with Crippen LogP contribution in [0.1, 0.15) is 32.1 Å². The molecule has 0 bridgehead atoms. The molecule has 0 amide bonds. The number of piperidine rings is 1. The third kappa shape index (κ3) is 2.03. The van der Waals surface area contributed by atoms with Gasteiger partial charge < -0.3 is 10.8 Å². The summed E-state index contributed by atoms with van der Waals surface area (Å²) in [7, 11) is 0.